The van der Waals surface area contributed by atoms with Gasteiger partial charge in [0.2, 0.25) is 0 Å². The maximum atomic E-state index is 13.2. The molecule has 4 nitrogen and oxygen atoms in total. The Kier molecular flexibility index (Phi) is 4.34. The highest BCUT2D eigenvalue weighted by Gasteiger charge is 2.19. The zero-order valence-electron chi connectivity index (χ0n) is 11.3. The van der Waals surface area contributed by atoms with Gasteiger partial charge in [0, 0.05) is 35.4 Å². The van der Waals surface area contributed by atoms with E-state index in [0.717, 1.165) is 6.07 Å². The summed E-state index contributed by atoms with van der Waals surface area (Å²) in [4.78, 5) is 3.98. The molecular formula is C13H13ClF2N2O2S. The first-order chi connectivity index (χ1) is 9.66. The molecule has 0 aliphatic carbocycles. The molecule has 0 aliphatic heterocycles. The van der Waals surface area contributed by atoms with Crippen LogP contribution in [0.1, 0.15) is 31.2 Å². The van der Waals surface area contributed by atoms with Gasteiger partial charge in [0.15, 0.2) is 5.03 Å². The van der Waals surface area contributed by atoms with Crippen LogP contribution in [0.25, 0.3) is 0 Å². The second-order valence-electron chi connectivity index (χ2n) is 4.94. The molecule has 114 valence electrons. The smallest absolute Gasteiger partial charge is 0.280 e. The van der Waals surface area contributed by atoms with Gasteiger partial charge in [-0.15, -0.1) is 0 Å². The number of nitrogens with zero attached hydrogens (tertiary/aromatic N) is 2. The fourth-order valence-electron chi connectivity index (χ4n) is 2.01. The van der Waals surface area contributed by atoms with E-state index < -0.39 is 20.7 Å². The summed E-state index contributed by atoms with van der Waals surface area (Å²) in [5.74, 6) is -0.989. The Hall–Kier alpha value is -1.47. The van der Waals surface area contributed by atoms with E-state index in [1.54, 1.807) is 0 Å². The molecule has 2 rings (SSSR count). The van der Waals surface area contributed by atoms with E-state index in [4.69, 9.17) is 10.7 Å². The minimum Gasteiger partial charge on any atom is -0.329 e. The largest absolute Gasteiger partial charge is 0.329 e. The van der Waals surface area contributed by atoms with Gasteiger partial charge in [0.1, 0.15) is 17.5 Å². The highest BCUT2D eigenvalue weighted by atomic mass is 35.7. The van der Waals surface area contributed by atoms with Gasteiger partial charge in [-0.05, 0) is 17.7 Å². The van der Waals surface area contributed by atoms with E-state index in [0.29, 0.717) is 11.4 Å². The molecule has 0 radical (unpaired) electrons. The average Bonchev–Trinajstić information content (AvgIpc) is 2.71. The molecule has 0 N–H and O–H groups in total. The summed E-state index contributed by atoms with van der Waals surface area (Å²) < 4.78 is 50.6. The van der Waals surface area contributed by atoms with Crippen LogP contribution in [0.4, 0.5) is 8.78 Å². The van der Waals surface area contributed by atoms with Gasteiger partial charge in [-0.1, -0.05) is 13.8 Å². The predicted molar refractivity (Wildman–Crippen MR) is 74.8 cm³/mol. The van der Waals surface area contributed by atoms with Crippen molar-refractivity contribution in [2.24, 2.45) is 0 Å². The zero-order chi connectivity index (χ0) is 15.8. The Morgan fingerprint density at radius 3 is 2.29 bits per heavy atom. The maximum absolute atomic E-state index is 13.2. The molecule has 0 unspecified atom stereocenters. The van der Waals surface area contributed by atoms with Crippen molar-refractivity contribution >= 4 is 19.7 Å². The maximum Gasteiger partial charge on any atom is 0.280 e. The molecule has 0 saturated carbocycles. The topological polar surface area (TPSA) is 52.0 Å². The summed E-state index contributed by atoms with van der Waals surface area (Å²) in [6.45, 7) is 3.76. The van der Waals surface area contributed by atoms with Crippen LogP contribution in [-0.4, -0.2) is 18.0 Å². The Balaban J connectivity index is 2.45. The average molecular weight is 335 g/mol. The van der Waals surface area contributed by atoms with Gasteiger partial charge in [-0.25, -0.2) is 22.2 Å². The fraction of sp³-hybridized carbons (Fsp3) is 0.308. The van der Waals surface area contributed by atoms with Crippen molar-refractivity contribution in [2.75, 3.05) is 0 Å². The molecule has 1 heterocycles. The van der Waals surface area contributed by atoms with E-state index in [2.05, 4.69) is 4.98 Å². The summed E-state index contributed by atoms with van der Waals surface area (Å²) in [6.07, 6.45) is 1.26. The Morgan fingerprint density at radius 2 is 1.81 bits per heavy atom. The summed E-state index contributed by atoms with van der Waals surface area (Å²) in [7, 11) is 1.32. The van der Waals surface area contributed by atoms with Crippen molar-refractivity contribution in [3.05, 3.63) is 47.4 Å². The molecule has 0 amide bonds. The Labute approximate surface area is 125 Å². The van der Waals surface area contributed by atoms with Crippen LogP contribution in [0.2, 0.25) is 0 Å². The van der Waals surface area contributed by atoms with Crippen LogP contribution in [0.15, 0.2) is 29.4 Å². The van der Waals surface area contributed by atoms with Crippen molar-refractivity contribution in [3.8, 4) is 0 Å². The minimum absolute atomic E-state index is 0.0735. The molecule has 1 aromatic carbocycles. The van der Waals surface area contributed by atoms with Gasteiger partial charge in [0.25, 0.3) is 9.05 Å². The molecule has 8 heteroatoms. The number of rotatable bonds is 4. The highest BCUT2D eigenvalue weighted by Crippen LogP contribution is 2.21. The molecule has 0 aliphatic rings. The van der Waals surface area contributed by atoms with Crippen LogP contribution in [0.5, 0.6) is 0 Å². The van der Waals surface area contributed by atoms with Crippen molar-refractivity contribution < 1.29 is 17.2 Å². The standard InChI is InChI=1S/C13H13ClF2N2O2S/c1-8(2)13-17-12(21(14,19)20)7-18(13)6-9-3-10(15)5-11(16)4-9/h3-5,7-8H,6H2,1-2H3. The van der Waals surface area contributed by atoms with Gasteiger partial charge < -0.3 is 4.57 Å². The molecule has 0 saturated heterocycles. The van der Waals surface area contributed by atoms with Crippen molar-refractivity contribution in [1.29, 1.82) is 0 Å². The van der Waals surface area contributed by atoms with Crippen LogP contribution < -0.4 is 0 Å². The molecule has 0 fully saturated rings. The Morgan fingerprint density at radius 1 is 1.24 bits per heavy atom. The molecular weight excluding hydrogens is 322 g/mol. The lowest BCUT2D eigenvalue weighted by atomic mass is 10.2. The molecule has 2 aromatic rings. The number of hydrogen-bond donors (Lipinski definition) is 0. The van der Waals surface area contributed by atoms with Gasteiger partial charge in [-0.3, -0.25) is 0 Å². The van der Waals surface area contributed by atoms with Crippen molar-refractivity contribution in [3.63, 3.8) is 0 Å². The second-order valence-corrected chi connectivity index (χ2v) is 7.45. The number of hydrogen-bond acceptors (Lipinski definition) is 3. The molecule has 1 aromatic heterocycles. The lowest BCUT2D eigenvalue weighted by Gasteiger charge is -2.10. The third-order valence-corrected chi connectivity index (χ3v) is 4.00. The first-order valence-electron chi connectivity index (χ1n) is 6.13. The van der Waals surface area contributed by atoms with Crippen LogP contribution in [0, 0.1) is 11.6 Å². The first-order valence-corrected chi connectivity index (χ1v) is 8.44. The summed E-state index contributed by atoms with van der Waals surface area (Å²) in [5.41, 5.74) is 0.366. The number of halogens is 3. The van der Waals surface area contributed by atoms with E-state index in [1.807, 2.05) is 13.8 Å². The third-order valence-electron chi connectivity index (χ3n) is 2.83. The summed E-state index contributed by atoms with van der Waals surface area (Å²) >= 11 is 0. The molecule has 21 heavy (non-hydrogen) atoms. The van der Waals surface area contributed by atoms with Crippen LogP contribution in [-0.2, 0) is 15.6 Å². The molecule has 0 bridgehead atoms. The summed E-state index contributed by atoms with van der Waals surface area (Å²) in [6, 6.07) is 3.14. The van der Waals surface area contributed by atoms with Crippen LogP contribution in [0.3, 0.4) is 0 Å². The zero-order valence-corrected chi connectivity index (χ0v) is 12.9. The van der Waals surface area contributed by atoms with Crippen molar-refractivity contribution in [2.45, 2.75) is 31.3 Å². The minimum atomic E-state index is -3.95. The predicted octanol–water partition coefficient (Wildman–Crippen LogP) is 3.26. The van der Waals surface area contributed by atoms with E-state index in [9.17, 15) is 17.2 Å². The Bertz CT molecular complexity index is 752. The summed E-state index contributed by atoms with van der Waals surface area (Å²) in [5, 5.41) is -0.273. The number of benzene rings is 1. The number of aromatic nitrogens is 2. The monoisotopic (exact) mass is 334 g/mol. The van der Waals surface area contributed by atoms with E-state index >= 15 is 0 Å². The quantitative estimate of drug-likeness (QED) is 0.806. The molecule has 0 spiro atoms. The fourth-order valence-corrected chi connectivity index (χ4v) is 2.69. The lowest BCUT2D eigenvalue weighted by Crippen LogP contribution is -2.06. The van der Waals surface area contributed by atoms with Crippen LogP contribution >= 0.6 is 10.7 Å². The van der Waals surface area contributed by atoms with Gasteiger partial charge in [-0.2, -0.15) is 0 Å². The molecule has 0 atom stereocenters. The highest BCUT2D eigenvalue weighted by molar-refractivity contribution is 8.13. The van der Waals surface area contributed by atoms with Gasteiger partial charge >= 0.3 is 0 Å². The third kappa shape index (κ3) is 3.79. The van der Waals surface area contributed by atoms with Gasteiger partial charge in [0.05, 0.1) is 0 Å². The van der Waals surface area contributed by atoms with Crippen molar-refractivity contribution in [1.82, 2.24) is 9.55 Å². The second kappa shape index (κ2) is 5.73. The number of imidazole rings is 1. The van der Waals surface area contributed by atoms with E-state index in [-0.39, 0.29) is 17.5 Å². The SMILES string of the molecule is CC(C)c1nc(S(=O)(=O)Cl)cn1Cc1cc(F)cc(F)c1. The van der Waals surface area contributed by atoms with E-state index in [1.165, 1.54) is 22.9 Å². The lowest BCUT2D eigenvalue weighted by molar-refractivity contribution is 0.575. The normalized spacial score (nSPS) is 12.1. The first kappa shape index (κ1) is 15.9.